The number of allylic oxidation sites excluding steroid dienone is 7. The Hall–Kier alpha value is -2.18. The fourth-order valence-electron chi connectivity index (χ4n) is 13.9. The maximum atomic E-state index is 12.6. The zero-order valence-electron chi connectivity index (χ0n) is 65.1. The van der Waals surface area contributed by atoms with E-state index in [1.807, 2.05) is 6.08 Å². The van der Waals surface area contributed by atoms with Crippen LogP contribution in [0.25, 0.3) is 0 Å². The highest BCUT2D eigenvalue weighted by molar-refractivity contribution is 5.76. The fraction of sp³-hybridized carbons (Fsp3) is 0.889. The summed E-state index contributed by atoms with van der Waals surface area (Å²) in [4.78, 5) is 24.7. The number of amides is 1. The van der Waals surface area contributed by atoms with Crippen molar-refractivity contribution < 1.29 is 24.5 Å². The Morgan fingerprint density at radius 1 is 0.292 bits per heavy atom. The van der Waals surface area contributed by atoms with Gasteiger partial charge in [-0.15, -0.1) is 0 Å². The first-order valence-corrected chi connectivity index (χ1v) is 43.9. The molecular formula is C90H171NO5. The molecule has 6 nitrogen and oxygen atoms in total. The van der Waals surface area contributed by atoms with Gasteiger partial charge in [0, 0.05) is 12.8 Å². The quantitative estimate of drug-likeness (QED) is 0.0320. The molecule has 0 radical (unpaired) electrons. The van der Waals surface area contributed by atoms with Crippen LogP contribution < -0.4 is 5.32 Å². The molecule has 6 heteroatoms. The summed E-state index contributed by atoms with van der Waals surface area (Å²) in [5.41, 5.74) is 0. The molecule has 0 saturated heterocycles. The highest BCUT2D eigenvalue weighted by Gasteiger charge is 2.18. The number of aliphatic hydroxyl groups excluding tert-OH is 2. The number of hydrogen-bond acceptors (Lipinski definition) is 5. The van der Waals surface area contributed by atoms with Gasteiger partial charge in [-0.2, -0.15) is 0 Å². The molecule has 0 aliphatic heterocycles. The highest BCUT2D eigenvalue weighted by atomic mass is 16.5. The van der Waals surface area contributed by atoms with E-state index < -0.39 is 12.1 Å². The summed E-state index contributed by atoms with van der Waals surface area (Å²) >= 11 is 0. The van der Waals surface area contributed by atoms with Gasteiger partial charge >= 0.3 is 5.97 Å². The number of esters is 1. The van der Waals surface area contributed by atoms with Crippen LogP contribution in [0.4, 0.5) is 0 Å². The van der Waals surface area contributed by atoms with Crippen molar-refractivity contribution >= 4 is 11.9 Å². The van der Waals surface area contributed by atoms with Gasteiger partial charge < -0.3 is 20.3 Å². The SMILES string of the molecule is CCCCCCCCC/C=C\CCCCCCCC(=O)OCCCCCCCCCCCCCCCCC/C=C\C/C=C\CCCCCCCCCCCCCCCCCCCC(=O)NC(CO)C(O)/C=C/CCCCCCCCCCCCCCCCCCCCCCCC. The van der Waals surface area contributed by atoms with Crippen molar-refractivity contribution in [3.8, 4) is 0 Å². The van der Waals surface area contributed by atoms with Gasteiger partial charge in [0.25, 0.3) is 0 Å². The monoisotopic (exact) mass is 1350 g/mol. The Balaban J connectivity index is 3.38. The topological polar surface area (TPSA) is 95.9 Å². The van der Waals surface area contributed by atoms with Crippen molar-refractivity contribution in [1.82, 2.24) is 5.32 Å². The number of carbonyl (C=O) groups excluding carboxylic acids is 2. The third kappa shape index (κ3) is 80.8. The molecular weight excluding hydrogens is 1170 g/mol. The van der Waals surface area contributed by atoms with E-state index >= 15 is 0 Å². The number of hydrogen-bond donors (Lipinski definition) is 3. The van der Waals surface area contributed by atoms with Crippen LogP contribution >= 0.6 is 0 Å². The van der Waals surface area contributed by atoms with Gasteiger partial charge in [0.15, 0.2) is 0 Å². The van der Waals surface area contributed by atoms with Crippen LogP contribution in [-0.2, 0) is 14.3 Å². The molecule has 1 amide bonds. The summed E-state index contributed by atoms with van der Waals surface area (Å²) in [6.07, 6.45) is 114. The molecule has 0 heterocycles. The normalized spacial score (nSPS) is 12.7. The second-order valence-corrected chi connectivity index (χ2v) is 30.2. The van der Waals surface area contributed by atoms with E-state index in [4.69, 9.17) is 4.74 Å². The molecule has 0 aromatic carbocycles. The number of ether oxygens (including phenoxy) is 1. The lowest BCUT2D eigenvalue weighted by Gasteiger charge is -2.20. The molecule has 0 fully saturated rings. The Morgan fingerprint density at radius 2 is 0.521 bits per heavy atom. The van der Waals surface area contributed by atoms with Crippen LogP contribution in [0, 0.1) is 0 Å². The van der Waals surface area contributed by atoms with Crippen molar-refractivity contribution in [2.75, 3.05) is 13.2 Å². The second-order valence-electron chi connectivity index (χ2n) is 30.2. The molecule has 0 aliphatic carbocycles. The Labute approximate surface area is 601 Å². The summed E-state index contributed by atoms with van der Waals surface area (Å²) in [7, 11) is 0. The minimum Gasteiger partial charge on any atom is -0.466 e. The minimum absolute atomic E-state index is 0.0135. The smallest absolute Gasteiger partial charge is 0.305 e. The van der Waals surface area contributed by atoms with Crippen LogP contribution in [0.3, 0.4) is 0 Å². The molecule has 0 aliphatic rings. The Bertz CT molecular complexity index is 1600. The average molecular weight is 1350 g/mol. The van der Waals surface area contributed by atoms with Gasteiger partial charge in [-0.1, -0.05) is 435 Å². The van der Waals surface area contributed by atoms with Gasteiger partial charge in [0.2, 0.25) is 5.91 Å². The molecule has 0 spiro atoms. The van der Waals surface area contributed by atoms with Gasteiger partial charge in [0.05, 0.1) is 25.4 Å². The van der Waals surface area contributed by atoms with E-state index in [0.717, 1.165) is 51.4 Å². The standard InChI is InChI=1S/C90H171NO5/c1-3-5-7-9-11-13-15-17-19-21-22-23-24-42-45-48-51-54-58-62-66-70-74-78-82-88(93)87(86-92)91-89(94)83-79-75-71-67-63-59-55-52-49-46-43-40-38-36-34-32-30-28-26-25-27-29-31-33-35-37-39-41-44-47-50-53-57-61-65-69-73-77-81-85-96-90(95)84-80-76-72-68-64-60-56-20-18-16-14-12-10-8-6-4-2/h20,25-26,29,31,56,78,82,87-88,92-93H,3-19,21-24,27-28,30,32-55,57-77,79-81,83-86H2,1-2H3,(H,91,94)/b26-25-,31-29-,56-20-,82-78+. The van der Waals surface area contributed by atoms with E-state index in [1.54, 1.807) is 6.08 Å². The number of carbonyl (C=O) groups is 2. The highest BCUT2D eigenvalue weighted by Crippen LogP contribution is 2.20. The number of rotatable bonds is 83. The Morgan fingerprint density at radius 3 is 0.802 bits per heavy atom. The predicted octanol–water partition coefficient (Wildman–Crippen LogP) is 29.5. The zero-order chi connectivity index (χ0) is 69.1. The molecule has 0 aromatic rings. The van der Waals surface area contributed by atoms with E-state index in [-0.39, 0.29) is 18.5 Å². The summed E-state index contributed by atoms with van der Waals surface area (Å²) < 4.78 is 5.50. The summed E-state index contributed by atoms with van der Waals surface area (Å²) in [6.45, 7) is 4.95. The predicted molar refractivity (Wildman–Crippen MR) is 426 cm³/mol. The van der Waals surface area contributed by atoms with Gasteiger partial charge in [-0.3, -0.25) is 9.59 Å². The molecule has 0 rings (SSSR count). The van der Waals surface area contributed by atoms with Crippen molar-refractivity contribution in [2.45, 2.75) is 501 Å². The van der Waals surface area contributed by atoms with E-state index in [0.29, 0.717) is 19.4 Å². The zero-order valence-corrected chi connectivity index (χ0v) is 65.1. The van der Waals surface area contributed by atoms with Crippen LogP contribution in [0.2, 0.25) is 0 Å². The molecule has 566 valence electrons. The van der Waals surface area contributed by atoms with Crippen molar-refractivity contribution in [3.63, 3.8) is 0 Å². The van der Waals surface area contributed by atoms with Crippen molar-refractivity contribution in [3.05, 3.63) is 48.6 Å². The molecule has 0 saturated carbocycles. The summed E-state index contributed by atoms with van der Waals surface area (Å²) in [5.74, 6) is -0.0462. The largest absolute Gasteiger partial charge is 0.466 e. The first kappa shape index (κ1) is 93.8. The lowest BCUT2D eigenvalue weighted by atomic mass is 10.0. The minimum atomic E-state index is -0.845. The van der Waals surface area contributed by atoms with Crippen LogP contribution in [0.1, 0.15) is 489 Å². The maximum Gasteiger partial charge on any atom is 0.305 e. The maximum absolute atomic E-state index is 12.6. The molecule has 0 bridgehead atoms. The first-order valence-electron chi connectivity index (χ1n) is 43.9. The molecule has 2 atom stereocenters. The molecule has 0 aromatic heterocycles. The number of aliphatic hydroxyl groups is 2. The third-order valence-electron chi connectivity index (χ3n) is 20.6. The van der Waals surface area contributed by atoms with Crippen molar-refractivity contribution in [2.24, 2.45) is 0 Å². The van der Waals surface area contributed by atoms with Crippen LogP contribution in [0.15, 0.2) is 48.6 Å². The van der Waals surface area contributed by atoms with Gasteiger partial charge in [-0.05, 0) is 89.9 Å². The lowest BCUT2D eigenvalue weighted by molar-refractivity contribution is -0.143. The number of nitrogens with one attached hydrogen (secondary N) is 1. The molecule has 96 heavy (non-hydrogen) atoms. The van der Waals surface area contributed by atoms with E-state index in [2.05, 4.69) is 55.6 Å². The first-order chi connectivity index (χ1) is 47.5. The van der Waals surface area contributed by atoms with Gasteiger partial charge in [-0.25, -0.2) is 0 Å². The molecule has 2 unspecified atom stereocenters. The van der Waals surface area contributed by atoms with E-state index in [9.17, 15) is 19.8 Å². The average Bonchev–Trinajstić information content (AvgIpc) is 2.37. The van der Waals surface area contributed by atoms with Crippen LogP contribution in [0.5, 0.6) is 0 Å². The van der Waals surface area contributed by atoms with E-state index in [1.165, 1.54) is 411 Å². The van der Waals surface area contributed by atoms with Crippen molar-refractivity contribution in [1.29, 1.82) is 0 Å². The van der Waals surface area contributed by atoms with Gasteiger partial charge in [0.1, 0.15) is 0 Å². The van der Waals surface area contributed by atoms with Crippen LogP contribution in [-0.4, -0.2) is 47.4 Å². The lowest BCUT2D eigenvalue weighted by Crippen LogP contribution is -2.45. The summed E-state index contributed by atoms with van der Waals surface area (Å²) in [6, 6.07) is -0.628. The number of unbranched alkanes of at least 4 members (excludes halogenated alkanes) is 66. The Kier molecular flexibility index (Phi) is 83.3. The molecule has 3 N–H and O–H groups in total. The summed E-state index contributed by atoms with van der Waals surface area (Å²) in [5, 5.41) is 23.3. The second kappa shape index (κ2) is 85.2. The third-order valence-corrected chi connectivity index (χ3v) is 20.6. The fourth-order valence-corrected chi connectivity index (χ4v) is 13.9.